The zero-order valence-corrected chi connectivity index (χ0v) is 12.0. The number of hydrogen-bond acceptors (Lipinski definition) is 4. The molecule has 1 aliphatic carbocycles. The molecule has 2 heterocycles. The molecule has 3 rings (SSSR count). The fraction of sp³-hybridized carbons (Fsp3) is 0.933. The van der Waals surface area contributed by atoms with Gasteiger partial charge in [0, 0.05) is 37.8 Å². The van der Waals surface area contributed by atoms with Crippen LogP contribution in [0.3, 0.4) is 0 Å². The van der Waals surface area contributed by atoms with Crippen molar-refractivity contribution in [2.45, 2.75) is 63.2 Å². The smallest absolute Gasteiger partial charge is 0.0967 e. The van der Waals surface area contributed by atoms with E-state index >= 15 is 0 Å². The Labute approximate surface area is 116 Å². The molecule has 0 aromatic heterocycles. The molecule has 4 nitrogen and oxygen atoms in total. The van der Waals surface area contributed by atoms with Crippen molar-refractivity contribution in [2.75, 3.05) is 26.2 Å². The predicted octanol–water partition coefficient (Wildman–Crippen LogP) is 1.19. The number of nitrogens with zero attached hydrogens (tertiary/aromatic N) is 3. The van der Waals surface area contributed by atoms with Crippen LogP contribution in [0.25, 0.3) is 0 Å². The second-order valence-corrected chi connectivity index (χ2v) is 6.55. The average Bonchev–Trinajstić information content (AvgIpc) is 3.11. The molecule has 1 N–H and O–H groups in total. The highest BCUT2D eigenvalue weighted by Crippen LogP contribution is 2.25. The van der Waals surface area contributed by atoms with Gasteiger partial charge in [-0.25, -0.2) is 0 Å². The summed E-state index contributed by atoms with van der Waals surface area (Å²) >= 11 is 0. The van der Waals surface area contributed by atoms with Crippen LogP contribution in [0.4, 0.5) is 0 Å². The summed E-state index contributed by atoms with van der Waals surface area (Å²) in [6, 6.07) is 4.55. The summed E-state index contributed by atoms with van der Waals surface area (Å²) < 4.78 is 0. The van der Waals surface area contributed by atoms with E-state index in [1.165, 1.54) is 45.3 Å². The third kappa shape index (κ3) is 3.28. The van der Waals surface area contributed by atoms with Crippen LogP contribution in [0, 0.1) is 11.3 Å². The molecule has 3 aliphatic rings. The van der Waals surface area contributed by atoms with Crippen LogP contribution < -0.4 is 5.32 Å². The van der Waals surface area contributed by atoms with E-state index in [1.807, 2.05) is 0 Å². The summed E-state index contributed by atoms with van der Waals surface area (Å²) in [6.07, 6.45) is 6.23. The zero-order valence-electron chi connectivity index (χ0n) is 12.0. The number of hydrogen-bond donors (Lipinski definition) is 1. The highest BCUT2D eigenvalue weighted by atomic mass is 15.3. The Morgan fingerprint density at radius 3 is 2.89 bits per heavy atom. The first-order valence-electron chi connectivity index (χ1n) is 7.90. The molecule has 3 atom stereocenters. The summed E-state index contributed by atoms with van der Waals surface area (Å²) in [4.78, 5) is 5.26. The molecule has 2 saturated heterocycles. The molecule has 0 bridgehead atoms. The third-order valence-electron chi connectivity index (χ3n) is 4.94. The van der Waals surface area contributed by atoms with Gasteiger partial charge in [0.15, 0.2) is 0 Å². The fourth-order valence-electron chi connectivity index (χ4n) is 3.57. The predicted molar refractivity (Wildman–Crippen MR) is 75.8 cm³/mol. The van der Waals surface area contributed by atoms with Gasteiger partial charge in [0.05, 0.1) is 12.1 Å². The Morgan fingerprint density at radius 1 is 1.32 bits per heavy atom. The molecule has 2 aliphatic heterocycles. The number of piperazine rings is 1. The minimum Gasteiger partial charge on any atom is -0.299 e. The van der Waals surface area contributed by atoms with E-state index in [0.717, 1.165) is 19.0 Å². The van der Waals surface area contributed by atoms with Gasteiger partial charge in [0.25, 0.3) is 0 Å². The lowest BCUT2D eigenvalue weighted by Crippen LogP contribution is -2.55. The van der Waals surface area contributed by atoms with Gasteiger partial charge in [-0.1, -0.05) is 0 Å². The second kappa shape index (κ2) is 5.78. The lowest BCUT2D eigenvalue weighted by atomic mass is 10.1. The van der Waals surface area contributed by atoms with Crippen LogP contribution >= 0.6 is 0 Å². The highest BCUT2D eigenvalue weighted by Gasteiger charge is 2.34. The van der Waals surface area contributed by atoms with Crippen molar-refractivity contribution in [3.05, 3.63) is 0 Å². The molecular formula is C15H26N4. The number of rotatable bonds is 5. The normalized spacial score (nSPS) is 33.9. The summed E-state index contributed by atoms with van der Waals surface area (Å²) in [6.45, 7) is 7.14. The highest BCUT2D eigenvalue weighted by molar-refractivity contribution is 4.97. The summed E-state index contributed by atoms with van der Waals surface area (Å²) in [7, 11) is 0. The van der Waals surface area contributed by atoms with Gasteiger partial charge in [-0.3, -0.25) is 15.1 Å². The van der Waals surface area contributed by atoms with Gasteiger partial charge < -0.3 is 0 Å². The van der Waals surface area contributed by atoms with Crippen molar-refractivity contribution < 1.29 is 0 Å². The van der Waals surface area contributed by atoms with Gasteiger partial charge >= 0.3 is 0 Å². The molecule has 3 unspecified atom stereocenters. The summed E-state index contributed by atoms with van der Waals surface area (Å²) in [5, 5.41) is 12.7. The van der Waals surface area contributed by atoms with Crippen molar-refractivity contribution in [3.63, 3.8) is 0 Å². The monoisotopic (exact) mass is 262 g/mol. The lowest BCUT2D eigenvalue weighted by Gasteiger charge is -2.42. The maximum atomic E-state index is 9.21. The van der Waals surface area contributed by atoms with Crippen LogP contribution in [0.15, 0.2) is 0 Å². The Hall–Kier alpha value is -0.630. The van der Waals surface area contributed by atoms with Crippen LogP contribution in [0.1, 0.15) is 39.0 Å². The molecule has 0 radical (unpaired) electrons. The molecule has 1 saturated carbocycles. The molecule has 0 aromatic rings. The van der Waals surface area contributed by atoms with E-state index < -0.39 is 0 Å². The molecule has 106 valence electrons. The molecule has 4 heteroatoms. The van der Waals surface area contributed by atoms with Gasteiger partial charge in [-0.05, 0) is 45.6 Å². The van der Waals surface area contributed by atoms with E-state index in [4.69, 9.17) is 0 Å². The summed E-state index contributed by atoms with van der Waals surface area (Å²) in [5.74, 6) is 0. The van der Waals surface area contributed by atoms with Crippen molar-refractivity contribution in [2.24, 2.45) is 0 Å². The lowest BCUT2D eigenvalue weighted by molar-refractivity contribution is 0.0577. The first-order chi connectivity index (χ1) is 9.26. The standard InChI is InChI=1S/C15H26N4/c1-12-10-19-7-2-3-15(19)11-18(12)8-6-14(9-16)17-13-4-5-13/h12-15,17H,2-8,10-11H2,1H3. The minimum atomic E-state index is 0.0568. The number of nitrogens with one attached hydrogen (secondary N) is 1. The summed E-state index contributed by atoms with van der Waals surface area (Å²) in [5.41, 5.74) is 0. The first-order valence-corrected chi connectivity index (χ1v) is 7.90. The Balaban J connectivity index is 1.47. The van der Waals surface area contributed by atoms with Crippen LogP contribution in [-0.4, -0.2) is 60.1 Å². The van der Waals surface area contributed by atoms with Crippen LogP contribution in [0.5, 0.6) is 0 Å². The molecule has 0 amide bonds. The maximum Gasteiger partial charge on any atom is 0.0967 e. The number of nitriles is 1. The van der Waals surface area contributed by atoms with Crippen molar-refractivity contribution in [1.82, 2.24) is 15.1 Å². The quantitative estimate of drug-likeness (QED) is 0.808. The van der Waals surface area contributed by atoms with Gasteiger partial charge in [-0.2, -0.15) is 5.26 Å². The Bertz CT molecular complexity index is 347. The van der Waals surface area contributed by atoms with Gasteiger partial charge in [0.1, 0.15) is 0 Å². The zero-order chi connectivity index (χ0) is 13.2. The third-order valence-corrected chi connectivity index (χ3v) is 4.94. The molecule has 3 fully saturated rings. The van der Waals surface area contributed by atoms with E-state index in [0.29, 0.717) is 12.1 Å². The van der Waals surface area contributed by atoms with E-state index in [9.17, 15) is 5.26 Å². The fourth-order valence-corrected chi connectivity index (χ4v) is 3.57. The van der Waals surface area contributed by atoms with Crippen LogP contribution in [0.2, 0.25) is 0 Å². The maximum absolute atomic E-state index is 9.21. The van der Waals surface area contributed by atoms with Crippen molar-refractivity contribution in [3.8, 4) is 6.07 Å². The van der Waals surface area contributed by atoms with Crippen molar-refractivity contribution >= 4 is 0 Å². The molecule has 0 aromatic carbocycles. The van der Waals surface area contributed by atoms with E-state index in [1.54, 1.807) is 0 Å². The Kier molecular flexibility index (Phi) is 4.07. The average molecular weight is 262 g/mol. The van der Waals surface area contributed by atoms with Crippen molar-refractivity contribution in [1.29, 1.82) is 5.26 Å². The minimum absolute atomic E-state index is 0.0568. The van der Waals surface area contributed by atoms with Gasteiger partial charge in [-0.15, -0.1) is 0 Å². The van der Waals surface area contributed by atoms with E-state index in [2.05, 4.69) is 28.1 Å². The Morgan fingerprint density at radius 2 is 2.16 bits per heavy atom. The second-order valence-electron chi connectivity index (χ2n) is 6.55. The van der Waals surface area contributed by atoms with Crippen LogP contribution in [-0.2, 0) is 0 Å². The largest absolute Gasteiger partial charge is 0.299 e. The number of fused-ring (bicyclic) bond motifs is 1. The molecule has 19 heavy (non-hydrogen) atoms. The topological polar surface area (TPSA) is 42.3 Å². The SMILES string of the molecule is CC1CN2CCCC2CN1CCC(C#N)NC1CC1. The van der Waals surface area contributed by atoms with Gasteiger partial charge in [0.2, 0.25) is 0 Å². The molecular weight excluding hydrogens is 236 g/mol. The van der Waals surface area contributed by atoms with E-state index in [-0.39, 0.29) is 6.04 Å². The first kappa shape index (κ1) is 13.4. The molecule has 0 spiro atoms.